The van der Waals surface area contributed by atoms with Crippen LogP contribution in [0.5, 0.6) is 0 Å². The van der Waals surface area contributed by atoms with Crippen molar-refractivity contribution in [2.75, 3.05) is 18.4 Å². The molecule has 2 aromatic rings. The first-order valence-corrected chi connectivity index (χ1v) is 8.48. The summed E-state index contributed by atoms with van der Waals surface area (Å²) in [5, 5.41) is 3.98. The number of Topliss-reactive ketones (excluding diaryl/α,β-unsaturated/α-hetero) is 1. The highest BCUT2D eigenvalue weighted by Gasteiger charge is 2.22. The number of hydrogen-bond donors (Lipinski definition) is 1. The lowest BCUT2D eigenvalue weighted by Gasteiger charge is -2.25. The van der Waals surface area contributed by atoms with Gasteiger partial charge in [-0.1, -0.05) is 11.6 Å². The number of fused-ring (bicyclic) bond motifs is 1. The molecule has 2 heterocycles. The van der Waals surface area contributed by atoms with E-state index < -0.39 is 0 Å². The van der Waals surface area contributed by atoms with E-state index in [0.717, 1.165) is 23.5 Å². The molecule has 3 rings (SSSR count). The van der Waals surface area contributed by atoms with Gasteiger partial charge in [-0.15, -0.1) is 11.3 Å². The predicted molar refractivity (Wildman–Crippen MR) is 91.2 cm³/mol. The van der Waals surface area contributed by atoms with E-state index in [1.54, 1.807) is 24.3 Å². The van der Waals surface area contributed by atoms with Crippen LogP contribution >= 0.6 is 22.9 Å². The molecule has 0 bridgehead atoms. The van der Waals surface area contributed by atoms with Gasteiger partial charge < -0.3 is 5.32 Å². The maximum Gasteiger partial charge on any atom is 0.223 e. The highest BCUT2D eigenvalue weighted by molar-refractivity contribution is 7.15. The van der Waals surface area contributed by atoms with E-state index in [0.29, 0.717) is 28.8 Å². The van der Waals surface area contributed by atoms with Gasteiger partial charge in [0.2, 0.25) is 5.91 Å². The molecule has 5 nitrogen and oxygen atoms in total. The van der Waals surface area contributed by atoms with Crippen molar-refractivity contribution in [3.63, 3.8) is 0 Å². The van der Waals surface area contributed by atoms with Crippen molar-refractivity contribution in [3.05, 3.63) is 45.4 Å². The summed E-state index contributed by atoms with van der Waals surface area (Å²) in [6.07, 6.45) is 0.791. The lowest BCUT2D eigenvalue weighted by Crippen LogP contribution is -2.34. The molecule has 1 aliphatic heterocycles. The maximum atomic E-state index is 12.3. The summed E-state index contributed by atoms with van der Waals surface area (Å²) < 4.78 is 0. The van der Waals surface area contributed by atoms with Crippen LogP contribution in [-0.4, -0.2) is 34.7 Å². The number of aromatic nitrogens is 1. The van der Waals surface area contributed by atoms with Crippen molar-refractivity contribution >= 4 is 39.8 Å². The largest absolute Gasteiger partial charge is 0.302 e. The second-order valence-electron chi connectivity index (χ2n) is 5.46. The Morgan fingerprint density at radius 2 is 2.09 bits per heavy atom. The number of hydrogen-bond acceptors (Lipinski definition) is 5. The van der Waals surface area contributed by atoms with Crippen LogP contribution in [0.15, 0.2) is 24.3 Å². The van der Waals surface area contributed by atoms with Crippen LogP contribution in [0.3, 0.4) is 0 Å². The minimum absolute atomic E-state index is 0.0803. The van der Waals surface area contributed by atoms with Crippen LogP contribution in [0, 0.1) is 0 Å². The SMILES string of the molecule is CC(=O)Nc1nc2c(s1)CN(CC(=O)c1ccc(Cl)cc1)CC2. The standard InChI is InChI=1S/C16H16ClN3O2S/c1-10(21)18-16-19-13-6-7-20(9-15(13)23-16)8-14(22)11-2-4-12(17)5-3-11/h2-5H,6-9H2,1H3,(H,18,19,21). The smallest absolute Gasteiger partial charge is 0.223 e. The molecule has 1 N–H and O–H groups in total. The van der Waals surface area contributed by atoms with Crippen molar-refractivity contribution in [1.82, 2.24) is 9.88 Å². The number of ketones is 1. The monoisotopic (exact) mass is 349 g/mol. The Labute approximate surface area is 143 Å². The first-order valence-electron chi connectivity index (χ1n) is 7.28. The number of carbonyl (C=O) groups excluding carboxylic acids is 2. The van der Waals surface area contributed by atoms with E-state index in [2.05, 4.69) is 15.2 Å². The summed E-state index contributed by atoms with van der Waals surface area (Å²) in [7, 11) is 0. The van der Waals surface area contributed by atoms with Crippen LogP contribution in [0.25, 0.3) is 0 Å². The van der Waals surface area contributed by atoms with Crippen LogP contribution in [0.2, 0.25) is 5.02 Å². The highest BCUT2D eigenvalue weighted by Crippen LogP contribution is 2.28. The molecule has 0 unspecified atom stereocenters. The first-order chi connectivity index (χ1) is 11.0. The molecular formula is C16H16ClN3O2S. The fourth-order valence-electron chi connectivity index (χ4n) is 2.52. The summed E-state index contributed by atoms with van der Waals surface area (Å²) in [5.41, 5.74) is 1.69. The summed E-state index contributed by atoms with van der Waals surface area (Å²) in [5.74, 6) is -0.0393. The van der Waals surface area contributed by atoms with Crippen molar-refractivity contribution < 1.29 is 9.59 Å². The second kappa shape index (κ2) is 6.78. The molecule has 1 aromatic carbocycles. The van der Waals surface area contributed by atoms with Gasteiger partial charge >= 0.3 is 0 Å². The third-order valence-corrected chi connectivity index (χ3v) is 4.88. The molecule has 23 heavy (non-hydrogen) atoms. The number of carbonyl (C=O) groups is 2. The molecule has 120 valence electrons. The topological polar surface area (TPSA) is 62.3 Å². The van der Waals surface area contributed by atoms with Crippen molar-refractivity contribution in [1.29, 1.82) is 0 Å². The van der Waals surface area contributed by atoms with E-state index in [4.69, 9.17) is 11.6 Å². The van der Waals surface area contributed by atoms with Gasteiger partial charge in [-0.05, 0) is 24.3 Å². The molecule has 1 aromatic heterocycles. The zero-order valence-corrected chi connectivity index (χ0v) is 14.2. The van der Waals surface area contributed by atoms with Crippen LogP contribution in [0.1, 0.15) is 27.9 Å². The number of amides is 1. The molecular weight excluding hydrogens is 334 g/mol. The summed E-state index contributed by atoms with van der Waals surface area (Å²) >= 11 is 7.32. The fraction of sp³-hybridized carbons (Fsp3) is 0.312. The Kier molecular flexibility index (Phi) is 4.75. The number of thiazole rings is 1. The number of rotatable bonds is 4. The molecule has 0 saturated heterocycles. The first kappa shape index (κ1) is 16.1. The number of benzene rings is 1. The summed E-state index contributed by atoms with van der Waals surface area (Å²) in [6.45, 7) is 3.31. The third kappa shape index (κ3) is 3.96. The molecule has 1 amide bonds. The quantitative estimate of drug-likeness (QED) is 0.862. The van der Waals surface area contributed by atoms with Gasteiger partial charge in [0.1, 0.15) is 0 Å². The molecule has 0 fully saturated rings. The van der Waals surface area contributed by atoms with E-state index >= 15 is 0 Å². The van der Waals surface area contributed by atoms with Crippen LogP contribution in [-0.2, 0) is 17.8 Å². The fourth-order valence-corrected chi connectivity index (χ4v) is 3.74. The Hall–Kier alpha value is -1.76. The summed E-state index contributed by atoms with van der Waals surface area (Å²) in [4.78, 5) is 31.1. The summed E-state index contributed by atoms with van der Waals surface area (Å²) in [6, 6.07) is 6.96. The van der Waals surface area contributed by atoms with Crippen molar-refractivity contribution in [2.24, 2.45) is 0 Å². The molecule has 0 aliphatic carbocycles. The molecule has 0 radical (unpaired) electrons. The van der Waals surface area contributed by atoms with Crippen molar-refractivity contribution in [3.8, 4) is 0 Å². The Bertz CT molecular complexity index is 742. The van der Waals surface area contributed by atoms with Gasteiger partial charge in [0.25, 0.3) is 0 Å². The van der Waals surface area contributed by atoms with Crippen LogP contribution in [0.4, 0.5) is 5.13 Å². The molecule has 0 atom stereocenters. The average molecular weight is 350 g/mol. The van der Waals surface area contributed by atoms with E-state index in [-0.39, 0.29) is 11.7 Å². The number of halogens is 1. The van der Waals surface area contributed by atoms with Gasteiger partial charge in [-0.25, -0.2) is 4.98 Å². The highest BCUT2D eigenvalue weighted by atomic mass is 35.5. The minimum Gasteiger partial charge on any atom is -0.302 e. The van der Waals surface area contributed by atoms with Gasteiger partial charge in [-0.2, -0.15) is 0 Å². The lowest BCUT2D eigenvalue weighted by molar-refractivity contribution is -0.114. The predicted octanol–water partition coefficient (Wildman–Crippen LogP) is 3.00. The Balaban J connectivity index is 1.65. The average Bonchev–Trinajstić information content (AvgIpc) is 2.88. The minimum atomic E-state index is -0.120. The molecule has 7 heteroatoms. The van der Waals surface area contributed by atoms with Gasteiger partial charge in [0.05, 0.1) is 12.2 Å². The van der Waals surface area contributed by atoms with Gasteiger partial charge in [0, 0.05) is 41.9 Å². The number of nitrogens with one attached hydrogen (secondary N) is 1. The molecule has 1 aliphatic rings. The zero-order chi connectivity index (χ0) is 16.4. The molecule has 0 saturated carbocycles. The zero-order valence-electron chi connectivity index (χ0n) is 12.6. The van der Waals surface area contributed by atoms with Gasteiger partial charge in [0.15, 0.2) is 10.9 Å². The maximum absolute atomic E-state index is 12.3. The number of nitrogens with zero attached hydrogens (tertiary/aromatic N) is 2. The van der Waals surface area contributed by atoms with E-state index in [1.807, 2.05) is 0 Å². The van der Waals surface area contributed by atoms with E-state index in [9.17, 15) is 9.59 Å². The molecule has 0 spiro atoms. The Morgan fingerprint density at radius 1 is 1.35 bits per heavy atom. The van der Waals surface area contributed by atoms with Gasteiger partial charge in [-0.3, -0.25) is 14.5 Å². The second-order valence-corrected chi connectivity index (χ2v) is 6.98. The van der Waals surface area contributed by atoms with Crippen LogP contribution < -0.4 is 5.32 Å². The third-order valence-electron chi connectivity index (χ3n) is 3.63. The number of anilines is 1. The van der Waals surface area contributed by atoms with E-state index in [1.165, 1.54) is 18.3 Å². The lowest BCUT2D eigenvalue weighted by atomic mass is 10.1. The normalized spacial score (nSPS) is 14.3. The van der Waals surface area contributed by atoms with Crippen molar-refractivity contribution in [2.45, 2.75) is 19.9 Å². The Morgan fingerprint density at radius 3 is 2.78 bits per heavy atom.